The summed E-state index contributed by atoms with van der Waals surface area (Å²) in [5, 5.41) is 0.624. The van der Waals surface area contributed by atoms with Crippen LogP contribution in [-0.2, 0) is 0 Å². The Bertz CT molecular complexity index is 288. The summed E-state index contributed by atoms with van der Waals surface area (Å²) in [6.07, 6.45) is 0.868. The van der Waals surface area contributed by atoms with E-state index in [-0.39, 0.29) is 6.04 Å². The summed E-state index contributed by atoms with van der Waals surface area (Å²) in [4.78, 5) is 0. The van der Waals surface area contributed by atoms with Gasteiger partial charge in [0.1, 0.15) is 5.75 Å². The van der Waals surface area contributed by atoms with E-state index in [9.17, 15) is 0 Å². The lowest BCUT2D eigenvalue weighted by Crippen LogP contribution is -2.09. The minimum atomic E-state index is -0.0115. The maximum absolute atomic E-state index is 6.08. The molecular weight excluding hydrogens is 186 g/mol. The van der Waals surface area contributed by atoms with Crippen molar-refractivity contribution < 1.29 is 4.74 Å². The number of benzene rings is 1. The molecule has 0 saturated heterocycles. The maximum atomic E-state index is 6.08. The van der Waals surface area contributed by atoms with Crippen LogP contribution in [0.2, 0.25) is 5.02 Å². The summed E-state index contributed by atoms with van der Waals surface area (Å²) >= 11 is 6.08. The van der Waals surface area contributed by atoms with E-state index in [1.807, 2.05) is 25.1 Å². The van der Waals surface area contributed by atoms with Gasteiger partial charge in [-0.05, 0) is 18.1 Å². The van der Waals surface area contributed by atoms with E-state index in [0.717, 1.165) is 12.0 Å². The average molecular weight is 200 g/mol. The summed E-state index contributed by atoms with van der Waals surface area (Å²) in [7, 11) is 1.60. The van der Waals surface area contributed by atoms with Gasteiger partial charge in [0.2, 0.25) is 0 Å². The van der Waals surface area contributed by atoms with Crippen LogP contribution in [0, 0.1) is 0 Å². The molecule has 2 nitrogen and oxygen atoms in total. The largest absolute Gasteiger partial charge is 0.495 e. The van der Waals surface area contributed by atoms with Crippen molar-refractivity contribution in [1.82, 2.24) is 0 Å². The highest BCUT2D eigenvalue weighted by molar-refractivity contribution is 6.32. The molecule has 0 unspecified atom stereocenters. The number of nitrogens with two attached hydrogens (primary N) is 1. The number of methoxy groups -OCH3 is 1. The van der Waals surface area contributed by atoms with Crippen LogP contribution in [0.4, 0.5) is 0 Å². The first kappa shape index (κ1) is 10.4. The molecule has 0 bridgehead atoms. The first-order valence-electron chi connectivity index (χ1n) is 4.28. The van der Waals surface area contributed by atoms with Gasteiger partial charge in [-0.3, -0.25) is 0 Å². The molecule has 0 spiro atoms. The van der Waals surface area contributed by atoms with Gasteiger partial charge in [0, 0.05) is 6.04 Å². The van der Waals surface area contributed by atoms with Gasteiger partial charge in [0.15, 0.2) is 0 Å². The highest BCUT2D eigenvalue weighted by Crippen LogP contribution is 2.31. The number of hydrogen-bond donors (Lipinski definition) is 1. The minimum Gasteiger partial charge on any atom is -0.495 e. The van der Waals surface area contributed by atoms with E-state index in [2.05, 4.69) is 0 Å². The van der Waals surface area contributed by atoms with Gasteiger partial charge in [-0.25, -0.2) is 0 Å². The van der Waals surface area contributed by atoms with Gasteiger partial charge in [0.25, 0.3) is 0 Å². The van der Waals surface area contributed by atoms with Crippen LogP contribution in [-0.4, -0.2) is 7.11 Å². The molecular formula is C10H14ClNO. The Morgan fingerprint density at radius 3 is 2.77 bits per heavy atom. The molecule has 72 valence electrons. The van der Waals surface area contributed by atoms with Crippen molar-refractivity contribution in [2.24, 2.45) is 5.73 Å². The predicted octanol–water partition coefficient (Wildman–Crippen LogP) is 2.76. The minimum absolute atomic E-state index is 0.0115. The van der Waals surface area contributed by atoms with Crippen LogP contribution in [0.3, 0.4) is 0 Å². The zero-order chi connectivity index (χ0) is 9.84. The fourth-order valence-electron chi connectivity index (χ4n) is 1.19. The molecule has 0 radical (unpaired) electrons. The van der Waals surface area contributed by atoms with Crippen LogP contribution in [0.15, 0.2) is 18.2 Å². The number of rotatable bonds is 3. The Balaban J connectivity index is 3.08. The first-order valence-corrected chi connectivity index (χ1v) is 4.66. The molecule has 1 aromatic rings. The van der Waals surface area contributed by atoms with Crippen LogP contribution in [0.1, 0.15) is 24.9 Å². The van der Waals surface area contributed by atoms with Gasteiger partial charge in [-0.15, -0.1) is 0 Å². The monoisotopic (exact) mass is 199 g/mol. The zero-order valence-electron chi connectivity index (χ0n) is 7.88. The van der Waals surface area contributed by atoms with Gasteiger partial charge in [-0.2, -0.15) is 0 Å². The van der Waals surface area contributed by atoms with Crippen LogP contribution >= 0.6 is 11.6 Å². The number of halogens is 1. The maximum Gasteiger partial charge on any atom is 0.137 e. The van der Waals surface area contributed by atoms with Crippen molar-refractivity contribution in [3.8, 4) is 5.75 Å². The summed E-state index contributed by atoms with van der Waals surface area (Å²) in [5.41, 5.74) is 6.83. The molecule has 0 heterocycles. The second-order valence-electron chi connectivity index (χ2n) is 2.88. The van der Waals surface area contributed by atoms with Gasteiger partial charge in [-0.1, -0.05) is 30.7 Å². The second-order valence-corrected chi connectivity index (χ2v) is 3.26. The normalized spacial score (nSPS) is 12.6. The fourth-order valence-corrected chi connectivity index (χ4v) is 1.53. The summed E-state index contributed by atoms with van der Waals surface area (Å²) in [6.45, 7) is 2.03. The van der Waals surface area contributed by atoms with E-state index >= 15 is 0 Å². The summed E-state index contributed by atoms with van der Waals surface area (Å²) in [5.74, 6) is 0.683. The lowest BCUT2D eigenvalue weighted by Gasteiger charge is -2.13. The molecule has 0 aliphatic rings. The molecule has 1 aromatic carbocycles. The van der Waals surface area contributed by atoms with E-state index < -0.39 is 0 Å². The Morgan fingerprint density at radius 2 is 2.23 bits per heavy atom. The van der Waals surface area contributed by atoms with Crippen molar-refractivity contribution in [2.75, 3.05) is 7.11 Å². The quantitative estimate of drug-likeness (QED) is 0.813. The predicted molar refractivity (Wildman–Crippen MR) is 55.2 cm³/mol. The van der Waals surface area contributed by atoms with E-state index in [1.54, 1.807) is 7.11 Å². The Morgan fingerprint density at radius 1 is 1.54 bits per heavy atom. The second kappa shape index (κ2) is 4.49. The Labute approximate surface area is 83.6 Å². The molecule has 2 N–H and O–H groups in total. The van der Waals surface area contributed by atoms with Crippen molar-refractivity contribution in [2.45, 2.75) is 19.4 Å². The summed E-state index contributed by atoms with van der Waals surface area (Å²) in [6, 6.07) is 5.64. The topological polar surface area (TPSA) is 35.2 Å². The number of hydrogen-bond acceptors (Lipinski definition) is 2. The molecule has 13 heavy (non-hydrogen) atoms. The molecule has 0 aliphatic carbocycles. The van der Waals surface area contributed by atoms with Crippen LogP contribution in [0.5, 0.6) is 5.75 Å². The molecule has 1 atom stereocenters. The molecule has 3 heteroatoms. The lowest BCUT2D eigenvalue weighted by molar-refractivity contribution is 0.414. The molecule has 0 aromatic heterocycles. The standard InChI is InChI=1S/C10H14ClNO/c1-3-8(12)7-5-4-6-9(13-2)10(7)11/h4-6,8H,3,12H2,1-2H3/t8-/m1/s1. The smallest absolute Gasteiger partial charge is 0.137 e. The summed E-state index contributed by atoms with van der Waals surface area (Å²) < 4.78 is 5.09. The van der Waals surface area contributed by atoms with Crippen LogP contribution < -0.4 is 10.5 Å². The van der Waals surface area contributed by atoms with Crippen LogP contribution in [0.25, 0.3) is 0 Å². The third kappa shape index (κ3) is 2.14. The third-order valence-electron chi connectivity index (χ3n) is 2.05. The number of ether oxygens (including phenoxy) is 1. The van der Waals surface area contributed by atoms with Crippen molar-refractivity contribution >= 4 is 11.6 Å². The first-order chi connectivity index (χ1) is 6.20. The van der Waals surface area contributed by atoms with Gasteiger partial charge in [0.05, 0.1) is 12.1 Å². The lowest BCUT2D eigenvalue weighted by atomic mass is 10.1. The SMILES string of the molecule is CC[C@@H](N)c1cccc(OC)c1Cl. The van der Waals surface area contributed by atoms with E-state index in [1.165, 1.54) is 0 Å². The van der Waals surface area contributed by atoms with Crippen molar-refractivity contribution in [3.63, 3.8) is 0 Å². The van der Waals surface area contributed by atoms with Gasteiger partial charge >= 0.3 is 0 Å². The van der Waals surface area contributed by atoms with Gasteiger partial charge < -0.3 is 10.5 Å². The molecule has 0 saturated carbocycles. The molecule has 0 fully saturated rings. The highest BCUT2D eigenvalue weighted by atomic mass is 35.5. The highest BCUT2D eigenvalue weighted by Gasteiger charge is 2.11. The van der Waals surface area contributed by atoms with E-state index in [0.29, 0.717) is 10.8 Å². The van der Waals surface area contributed by atoms with E-state index in [4.69, 9.17) is 22.1 Å². The van der Waals surface area contributed by atoms with Crippen molar-refractivity contribution in [1.29, 1.82) is 0 Å². The Hall–Kier alpha value is -0.730. The zero-order valence-corrected chi connectivity index (χ0v) is 8.64. The molecule has 0 aliphatic heterocycles. The average Bonchev–Trinajstić information content (AvgIpc) is 2.17. The molecule has 0 amide bonds. The third-order valence-corrected chi connectivity index (χ3v) is 2.46. The molecule has 1 rings (SSSR count). The fraction of sp³-hybridized carbons (Fsp3) is 0.400. The Kier molecular flexibility index (Phi) is 3.58. The van der Waals surface area contributed by atoms with Crippen molar-refractivity contribution in [3.05, 3.63) is 28.8 Å².